The number of anilines is 2. The number of carboxylic acids is 4. The summed E-state index contributed by atoms with van der Waals surface area (Å²) in [6.45, 7) is 0. The van der Waals surface area contributed by atoms with Crippen LogP contribution in [0.1, 0.15) is 41.4 Å². The Morgan fingerprint density at radius 3 is 1.04 bits per heavy atom. The van der Waals surface area contributed by atoms with Gasteiger partial charge in [-0.05, 0) is 35.4 Å². The second-order valence-electron chi connectivity index (χ2n) is 5.19. The van der Waals surface area contributed by atoms with Crippen molar-refractivity contribution in [1.29, 1.82) is 0 Å². The fourth-order valence-corrected chi connectivity index (χ4v) is 2.40. The molecule has 0 saturated carbocycles. The normalized spacial score (nSPS) is 10.3. The second-order valence-corrected chi connectivity index (χ2v) is 5.19. The van der Waals surface area contributed by atoms with Gasteiger partial charge in [0.05, 0.1) is 22.3 Å². The van der Waals surface area contributed by atoms with E-state index in [4.69, 9.17) is 11.5 Å². The summed E-state index contributed by atoms with van der Waals surface area (Å²) in [6.07, 6.45) is 0. The highest BCUT2D eigenvalue weighted by atomic mass is 16.4. The predicted molar refractivity (Wildman–Crippen MR) is 88.5 cm³/mol. The van der Waals surface area contributed by atoms with Crippen molar-refractivity contribution in [3.8, 4) is 11.1 Å². The monoisotopic (exact) mass is 360 g/mol. The Bertz CT molecular complexity index is 901. The SMILES string of the molecule is Nc1cc(C(=O)O)c(-c2cc(C(=O)O)c(N)cc2C(=O)O)cc1C(=O)O. The van der Waals surface area contributed by atoms with Gasteiger partial charge < -0.3 is 31.9 Å². The number of hydrogen-bond donors (Lipinski definition) is 6. The molecule has 0 aliphatic heterocycles. The van der Waals surface area contributed by atoms with Crippen molar-refractivity contribution in [2.24, 2.45) is 0 Å². The third kappa shape index (κ3) is 3.11. The standard InChI is InChI=1S/C16H12N2O8/c17-11-3-7(13(19)20)5(1-9(11)15(23)24)6-2-10(16(25)26)12(18)4-8(6)14(21)22/h1-4H,17-18H2,(H,19,20)(H,21,22)(H,23,24)(H,25,26). The van der Waals surface area contributed by atoms with Crippen LogP contribution >= 0.6 is 0 Å². The summed E-state index contributed by atoms with van der Waals surface area (Å²) in [5.41, 5.74) is 7.84. The third-order valence-corrected chi connectivity index (χ3v) is 3.59. The first kappa shape index (κ1) is 18.3. The third-order valence-electron chi connectivity index (χ3n) is 3.59. The second kappa shape index (κ2) is 6.43. The Kier molecular flexibility index (Phi) is 4.52. The van der Waals surface area contributed by atoms with E-state index in [1.807, 2.05) is 0 Å². The number of carboxylic acid groups (broad SMARTS) is 4. The van der Waals surface area contributed by atoms with Gasteiger partial charge in [0.1, 0.15) is 0 Å². The van der Waals surface area contributed by atoms with E-state index in [9.17, 15) is 39.6 Å². The summed E-state index contributed by atoms with van der Waals surface area (Å²) in [5, 5.41) is 37.1. The molecule has 10 nitrogen and oxygen atoms in total. The van der Waals surface area contributed by atoms with Gasteiger partial charge in [-0.1, -0.05) is 0 Å². The molecule has 0 radical (unpaired) electrons. The van der Waals surface area contributed by atoms with Gasteiger partial charge in [0.15, 0.2) is 0 Å². The predicted octanol–water partition coefficient (Wildman–Crippen LogP) is 1.31. The molecule has 8 N–H and O–H groups in total. The topological polar surface area (TPSA) is 201 Å². The van der Waals surface area contributed by atoms with Crippen molar-refractivity contribution in [3.05, 3.63) is 46.5 Å². The van der Waals surface area contributed by atoms with Gasteiger partial charge in [-0.2, -0.15) is 0 Å². The lowest BCUT2D eigenvalue weighted by Gasteiger charge is -2.14. The maximum atomic E-state index is 11.5. The first-order valence-corrected chi connectivity index (χ1v) is 6.85. The molecule has 0 aromatic heterocycles. The van der Waals surface area contributed by atoms with Crippen molar-refractivity contribution in [2.75, 3.05) is 11.5 Å². The van der Waals surface area contributed by atoms with E-state index in [0.717, 1.165) is 24.3 Å². The zero-order valence-corrected chi connectivity index (χ0v) is 12.9. The number of aromatic carboxylic acids is 4. The summed E-state index contributed by atoms with van der Waals surface area (Å²) in [7, 11) is 0. The van der Waals surface area contributed by atoms with Gasteiger partial charge in [0.2, 0.25) is 0 Å². The highest BCUT2D eigenvalue weighted by Gasteiger charge is 2.24. The number of rotatable bonds is 5. The number of nitrogen functional groups attached to an aromatic ring is 2. The molecule has 0 heterocycles. The highest BCUT2D eigenvalue weighted by Crippen LogP contribution is 2.34. The lowest BCUT2D eigenvalue weighted by molar-refractivity contribution is 0.0680. The minimum atomic E-state index is -1.51. The first-order chi connectivity index (χ1) is 12.0. The smallest absolute Gasteiger partial charge is 0.337 e. The molecule has 2 aromatic rings. The first-order valence-electron chi connectivity index (χ1n) is 6.85. The minimum Gasteiger partial charge on any atom is -0.478 e. The molecular formula is C16H12N2O8. The molecule has 0 saturated heterocycles. The van der Waals surface area contributed by atoms with Gasteiger partial charge in [0.25, 0.3) is 0 Å². The molecule has 2 aromatic carbocycles. The summed E-state index contributed by atoms with van der Waals surface area (Å²) in [6, 6.07) is 3.49. The van der Waals surface area contributed by atoms with E-state index in [2.05, 4.69) is 0 Å². The van der Waals surface area contributed by atoms with E-state index < -0.39 is 46.1 Å². The van der Waals surface area contributed by atoms with E-state index in [1.54, 1.807) is 0 Å². The Balaban J connectivity index is 2.98. The molecule has 0 atom stereocenters. The van der Waals surface area contributed by atoms with Crippen LogP contribution in [0.5, 0.6) is 0 Å². The van der Waals surface area contributed by atoms with Crippen LogP contribution in [0.4, 0.5) is 11.4 Å². The highest BCUT2D eigenvalue weighted by molar-refractivity contribution is 6.08. The molecule has 2 rings (SSSR count). The van der Waals surface area contributed by atoms with Crippen molar-refractivity contribution < 1.29 is 39.6 Å². The number of hydrogen-bond acceptors (Lipinski definition) is 6. The van der Waals surface area contributed by atoms with Crippen LogP contribution in [0, 0.1) is 0 Å². The van der Waals surface area contributed by atoms with Crippen LogP contribution in [0.3, 0.4) is 0 Å². The molecule has 0 amide bonds. The van der Waals surface area contributed by atoms with Gasteiger partial charge >= 0.3 is 23.9 Å². The Morgan fingerprint density at radius 1 is 0.538 bits per heavy atom. The number of carbonyl (C=O) groups is 4. The Hall–Kier alpha value is -4.08. The number of benzene rings is 2. The largest absolute Gasteiger partial charge is 0.478 e. The van der Waals surface area contributed by atoms with Gasteiger partial charge in [0, 0.05) is 11.4 Å². The average Bonchev–Trinajstić information content (AvgIpc) is 2.53. The Labute approximate surface area is 144 Å². The van der Waals surface area contributed by atoms with Crippen LogP contribution < -0.4 is 11.5 Å². The molecule has 0 aliphatic rings. The molecule has 0 spiro atoms. The summed E-state index contributed by atoms with van der Waals surface area (Å²) in [4.78, 5) is 45.6. The van der Waals surface area contributed by atoms with Crippen LogP contribution in [-0.4, -0.2) is 44.3 Å². The molecule has 26 heavy (non-hydrogen) atoms. The quantitative estimate of drug-likeness (QED) is 0.422. The molecule has 0 aliphatic carbocycles. The summed E-state index contributed by atoms with van der Waals surface area (Å²) >= 11 is 0. The van der Waals surface area contributed by atoms with Gasteiger partial charge in [-0.15, -0.1) is 0 Å². The minimum absolute atomic E-state index is 0.316. The molecule has 0 fully saturated rings. The maximum Gasteiger partial charge on any atom is 0.337 e. The fraction of sp³-hybridized carbons (Fsp3) is 0. The van der Waals surface area contributed by atoms with E-state index in [0.29, 0.717) is 0 Å². The summed E-state index contributed by atoms with van der Waals surface area (Å²) < 4.78 is 0. The molecular weight excluding hydrogens is 348 g/mol. The van der Waals surface area contributed by atoms with Crippen LogP contribution in [-0.2, 0) is 0 Å². The molecule has 10 heteroatoms. The van der Waals surface area contributed by atoms with Crippen LogP contribution in [0.2, 0.25) is 0 Å². The summed E-state index contributed by atoms with van der Waals surface area (Å²) in [5.74, 6) is -5.94. The zero-order valence-electron chi connectivity index (χ0n) is 12.9. The number of nitrogens with two attached hydrogens (primary N) is 2. The van der Waals surface area contributed by atoms with Crippen molar-refractivity contribution in [2.45, 2.75) is 0 Å². The van der Waals surface area contributed by atoms with Gasteiger partial charge in [-0.3, -0.25) is 0 Å². The van der Waals surface area contributed by atoms with E-state index >= 15 is 0 Å². The fourth-order valence-electron chi connectivity index (χ4n) is 2.40. The van der Waals surface area contributed by atoms with Crippen LogP contribution in [0.15, 0.2) is 24.3 Å². The van der Waals surface area contributed by atoms with Crippen molar-refractivity contribution >= 4 is 35.3 Å². The Morgan fingerprint density at radius 2 is 0.808 bits per heavy atom. The maximum absolute atomic E-state index is 11.5. The zero-order chi connectivity index (χ0) is 19.8. The van der Waals surface area contributed by atoms with E-state index in [-0.39, 0.29) is 22.5 Å². The van der Waals surface area contributed by atoms with Crippen molar-refractivity contribution in [1.82, 2.24) is 0 Å². The van der Waals surface area contributed by atoms with Gasteiger partial charge in [-0.25, -0.2) is 19.2 Å². The molecule has 134 valence electrons. The average molecular weight is 360 g/mol. The lowest BCUT2D eigenvalue weighted by Crippen LogP contribution is -2.11. The van der Waals surface area contributed by atoms with Crippen LogP contribution in [0.25, 0.3) is 11.1 Å². The van der Waals surface area contributed by atoms with Crippen molar-refractivity contribution in [3.63, 3.8) is 0 Å². The molecule has 0 unspecified atom stereocenters. The van der Waals surface area contributed by atoms with E-state index in [1.165, 1.54) is 0 Å². The molecule has 0 bridgehead atoms. The lowest BCUT2D eigenvalue weighted by atomic mass is 9.90.